The second-order valence-electron chi connectivity index (χ2n) is 5.04. The molecule has 1 atom stereocenters. The summed E-state index contributed by atoms with van der Waals surface area (Å²) in [5, 5.41) is 10.5. The van der Waals surface area contributed by atoms with E-state index in [1.165, 1.54) is 12.8 Å². The third-order valence-electron chi connectivity index (χ3n) is 3.29. The van der Waals surface area contributed by atoms with E-state index in [9.17, 15) is 5.11 Å². The summed E-state index contributed by atoms with van der Waals surface area (Å²) in [5.41, 5.74) is 0. The average Bonchev–Trinajstić information content (AvgIpc) is 2.93. The van der Waals surface area contributed by atoms with Gasteiger partial charge in [0.05, 0.1) is 19.3 Å². The first-order chi connectivity index (χ1) is 9.74. The van der Waals surface area contributed by atoms with Crippen LogP contribution in [0.5, 0.6) is 5.75 Å². The Balaban J connectivity index is 1.51. The molecule has 0 amide bonds. The molecule has 112 valence electrons. The average molecular weight is 300 g/mol. The van der Waals surface area contributed by atoms with Gasteiger partial charge in [-0.2, -0.15) is 0 Å². The number of nitrogens with zero attached hydrogens (tertiary/aromatic N) is 1. The molecule has 1 aliphatic heterocycles. The van der Waals surface area contributed by atoms with Crippen LogP contribution < -0.4 is 4.74 Å². The molecule has 5 heteroatoms. The first-order valence-electron chi connectivity index (χ1n) is 7.10. The monoisotopic (exact) mass is 299 g/mol. The van der Waals surface area contributed by atoms with Gasteiger partial charge in [0.2, 0.25) is 0 Å². The van der Waals surface area contributed by atoms with Crippen molar-refractivity contribution in [2.24, 2.45) is 0 Å². The minimum atomic E-state index is -0.413. The fourth-order valence-corrected chi connectivity index (χ4v) is 2.41. The topological polar surface area (TPSA) is 41.9 Å². The van der Waals surface area contributed by atoms with Gasteiger partial charge >= 0.3 is 0 Å². The highest BCUT2D eigenvalue weighted by molar-refractivity contribution is 6.30. The van der Waals surface area contributed by atoms with E-state index >= 15 is 0 Å². The summed E-state index contributed by atoms with van der Waals surface area (Å²) in [6, 6.07) is 7.23. The number of ether oxygens (including phenoxy) is 2. The highest BCUT2D eigenvalue weighted by Gasteiger charge is 2.15. The number of hydrogen-bond donors (Lipinski definition) is 1. The number of rotatable bonds is 8. The Labute approximate surface area is 125 Å². The summed E-state index contributed by atoms with van der Waals surface area (Å²) >= 11 is 5.79. The van der Waals surface area contributed by atoms with Crippen LogP contribution in [0.25, 0.3) is 0 Å². The smallest absolute Gasteiger partial charge is 0.119 e. The van der Waals surface area contributed by atoms with E-state index < -0.39 is 6.10 Å². The van der Waals surface area contributed by atoms with Crippen molar-refractivity contribution in [3.8, 4) is 5.75 Å². The summed E-state index contributed by atoms with van der Waals surface area (Å²) in [6.07, 6.45) is 2.06. The zero-order valence-corrected chi connectivity index (χ0v) is 12.4. The van der Waals surface area contributed by atoms with Gasteiger partial charge in [-0.05, 0) is 50.2 Å². The van der Waals surface area contributed by atoms with Gasteiger partial charge in [-0.15, -0.1) is 0 Å². The molecule has 1 aromatic carbocycles. The Hall–Kier alpha value is -0.810. The van der Waals surface area contributed by atoms with Crippen LogP contribution in [0.4, 0.5) is 0 Å². The lowest BCUT2D eigenvalue weighted by atomic mass is 10.3. The minimum absolute atomic E-state index is 0.362. The molecule has 2 rings (SSSR count). The largest absolute Gasteiger partial charge is 0.491 e. The van der Waals surface area contributed by atoms with Crippen molar-refractivity contribution < 1.29 is 14.6 Å². The molecule has 0 aliphatic carbocycles. The second-order valence-corrected chi connectivity index (χ2v) is 5.48. The maximum atomic E-state index is 9.83. The number of likely N-dealkylation sites (tertiary alicyclic amines) is 1. The van der Waals surface area contributed by atoms with Crippen LogP contribution in [0, 0.1) is 0 Å². The Morgan fingerprint density at radius 2 is 1.85 bits per heavy atom. The fraction of sp³-hybridized carbons (Fsp3) is 0.600. The standard InChI is InChI=1S/C15H22ClNO3/c16-13-3-5-15(6-4-13)20-10-9-19-12-14(18)11-17-7-1-2-8-17/h3-6,14,18H,1-2,7-12H2/t14-/m1/s1. The number of benzene rings is 1. The minimum Gasteiger partial charge on any atom is -0.491 e. The van der Waals surface area contributed by atoms with Gasteiger partial charge in [-0.3, -0.25) is 0 Å². The van der Waals surface area contributed by atoms with Crippen LogP contribution in [0.3, 0.4) is 0 Å². The highest BCUT2D eigenvalue weighted by Crippen LogP contribution is 2.15. The van der Waals surface area contributed by atoms with E-state index in [0.29, 0.717) is 31.4 Å². The Bertz CT molecular complexity index is 379. The van der Waals surface area contributed by atoms with Crippen molar-refractivity contribution in [1.29, 1.82) is 0 Å². The van der Waals surface area contributed by atoms with Crippen LogP contribution in [0.15, 0.2) is 24.3 Å². The highest BCUT2D eigenvalue weighted by atomic mass is 35.5. The molecular weight excluding hydrogens is 278 g/mol. The van der Waals surface area contributed by atoms with E-state index in [0.717, 1.165) is 18.8 Å². The number of hydrogen-bond acceptors (Lipinski definition) is 4. The Kier molecular flexibility index (Phi) is 6.60. The molecular formula is C15H22ClNO3. The molecule has 1 N–H and O–H groups in total. The number of aliphatic hydroxyl groups excluding tert-OH is 1. The molecule has 1 aliphatic rings. The van der Waals surface area contributed by atoms with Crippen LogP contribution in [-0.4, -0.2) is 55.6 Å². The summed E-state index contributed by atoms with van der Waals surface area (Å²) < 4.78 is 10.9. The zero-order chi connectivity index (χ0) is 14.2. The lowest BCUT2D eigenvalue weighted by molar-refractivity contribution is 0.0111. The third-order valence-corrected chi connectivity index (χ3v) is 3.54. The van der Waals surface area contributed by atoms with Crippen molar-refractivity contribution in [2.45, 2.75) is 18.9 Å². The van der Waals surface area contributed by atoms with Crippen LogP contribution in [-0.2, 0) is 4.74 Å². The summed E-state index contributed by atoms with van der Waals surface area (Å²) in [6.45, 7) is 4.20. The quantitative estimate of drug-likeness (QED) is 0.747. The SMILES string of the molecule is O[C@@H](COCCOc1ccc(Cl)cc1)CN1CCCC1. The first kappa shape index (κ1) is 15.6. The number of β-amino-alcohol motifs (C(OH)–C–C–N with tert-alkyl or cyclic N) is 1. The molecule has 0 spiro atoms. The van der Waals surface area contributed by atoms with E-state index in [2.05, 4.69) is 4.90 Å². The maximum absolute atomic E-state index is 9.83. The molecule has 20 heavy (non-hydrogen) atoms. The molecule has 0 aromatic heterocycles. The van der Waals surface area contributed by atoms with Gasteiger partial charge in [-0.1, -0.05) is 11.6 Å². The predicted molar refractivity (Wildman–Crippen MR) is 79.4 cm³/mol. The molecule has 4 nitrogen and oxygen atoms in total. The van der Waals surface area contributed by atoms with Crippen LogP contribution in [0.2, 0.25) is 5.02 Å². The van der Waals surface area contributed by atoms with Crippen LogP contribution >= 0.6 is 11.6 Å². The van der Waals surface area contributed by atoms with Gasteiger partial charge in [0, 0.05) is 11.6 Å². The predicted octanol–water partition coefficient (Wildman–Crippen LogP) is 2.19. The van der Waals surface area contributed by atoms with E-state index in [1.807, 2.05) is 12.1 Å². The molecule has 0 bridgehead atoms. The Morgan fingerprint density at radius 1 is 1.15 bits per heavy atom. The van der Waals surface area contributed by atoms with Crippen molar-refractivity contribution in [3.63, 3.8) is 0 Å². The lowest BCUT2D eigenvalue weighted by Crippen LogP contribution is -2.33. The number of halogens is 1. The molecule has 1 heterocycles. The molecule has 1 saturated heterocycles. The van der Waals surface area contributed by atoms with Gasteiger partial charge in [0.15, 0.2) is 0 Å². The fourth-order valence-electron chi connectivity index (χ4n) is 2.28. The first-order valence-corrected chi connectivity index (χ1v) is 7.48. The van der Waals surface area contributed by atoms with Gasteiger partial charge in [-0.25, -0.2) is 0 Å². The zero-order valence-electron chi connectivity index (χ0n) is 11.6. The van der Waals surface area contributed by atoms with Crippen molar-refractivity contribution >= 4 is 11.6 Å². The van der Waals surface area contributed by atoms with E-state index in [1.54, 1.807) is 12.1 Å². The Morgan fingerprint density at radius 3 is 2.55 bits per heavy atom. The summed E-state index contributed by atoms with van der Waals surface area (Å²) in [7, 11) is 0. The molecule has 0 unspecified atom stereocenters. The molecule has 1 aromatic rings. The molecule has 0 radical (unpaired) electrons. The van der Waals surface area contributed by atoms with Gasteiger partial charge in [0.25, 0.3) is 0 Å². The maximum Gasteiger partial charge on any atom is 0.119 e. The van der Waals surface area contributed by atoms with Crippen molar-refractivity contribution in [1.82, 2.24) is 4.90 Å². The van der Waals surface area contributed by atoms with Crippen molar-refractivity contribution in [2.75, 3.05) is 39.5 Å². The normalized spacial score (nSPS) is 17.3. The van der Waals surface area contributed by atoms with Crippen molar-refractivity contribution in [3.05, 3.63) is 29.3 Å². The molecule has 1 fully saturated rings. The van der Waals surface area contributed by atoms with E-state index in [4.69, 9.17) is 21.1 Å². The third kappa shape index (κ3) is 5.67. The van der Waals surface area contributed by atoms with Gasteiger partial charge in [0.1, 0.15) is 12.4 Å². The second kappa shape index (κ2) is 8.47. The van der Waals surface area contributed by atoms with Crippen LogP contribution in [0.1, 0.15) is 12.8 Å². The summed E-state index contributed by atoms with van der Waals surface area (Å²) in [5.74, 6) is 0.774. The van der Waals surface area contributed by atoms with E-state index in [-0.39, 0.29) is 0 Å². The van der Waals surface area contributed by atoms with Gasteiger partial charge < -0.3 is 19.5 Å². The molecule has 0 saturated carbocycles. The lowest BCUT2D eigenvalue weighted by Gasteiger charge is -2.19. The number of aliphatic hydroxyl groups is 1. The summed E-state index contributed by atoms with van der Waals surface area (Å²) in [4.78, 5) is 2.28.